The van der Waals surface area contributed by atoms with Crippen molar-refractivity contribution in [1.29, 1.82) is 0 Å². The molecular formula is C16H23NO2S. The lowest BCUT2D eigenvalue weighted by Gasteiger charge is -2.21. The van der Waals surface area contributed by atoms with E-state index in [1.807, 2.05) is 44.2 Å². The summed E-state index contributed by atoms with van der Waals surface area (Å²) in [6, 6.07) is 9.52. The molecule has 0 fully saturated rings. The normalized spacial score (nSPS) is 11.9. The molecular weight excluding hydrogens is 270 g/mol. The molecule has 0 aliphatic heterocycles. The van der Waals surface area contributed by atoms with Gasteiger partial charge in [0.1, 0.15) is 0 Å². The Morgan fingerprint density at radius 2 is 2.05 bits per heavy atom. The van der Waals surface area contributed by atoms with Crippen molar-refractivity contribution >= 4 is 17.7 Å². The van der Waals surface area contributed by atoms with E-state index in [9.17, 15) is 9.90 Å². The van der Waals surface area contributed by atoms with E-state index in [4.69, 9.17) is 0 Å². The summed E-state index contributed by atoms with van der Waals surface area (Å²) in [7, 11) is 0. The standard InChI is InChI=1S/C16H23NO2S/c1-4-17(10-13(2)3)16(19)12-20-11-15(18)14-8-6-5-7-9-14/h5-9,15,18H,2,4,10-12H2,1,3H3. The van der Waals surface area contributed by atoms with Crippen LogP contribution >= 0.6 is 11.8 Å². The van der Waals surface area contributed by atoms with Crippen LogP contribution in [0.2, 0.25) is 0 Å². The summed E-state index contributed by atoms with van der Waals surface area (Å²) < 4.78 is 0. The van der Waals surface area contributed by atoms with E-state index < -0.39 is 6.10 Å². The van der Waals surface area contributed by atoms with Crippen LogP contribution in [0, 0.1) is 0 Å². The van der Waals surface area contributed by atoms with Crippen molar-refractivity contribution in [2.24, 2.45) is 0 Å². The third kappa shape index (κ3) is 5.80. The predicted octanol–water partition coefficient (Wildman–Crippen LogP) is 2.88. The van der Waals surface area contributed by atoms with Crippen LogP contribution in [0.4, 0.5) is 0 Å². The van der Waals surface area contributed by atoms with Crippen molar-refractivity contribution in [1.82, 2.24) is 4.90 Å². The first-order valence-electron chi connectivity index (χ1n) is 6.77. The summed E-state index contributed by atoms with van der Waals surface area (Å²) in [6.45, 7) is 9.01. The minimum atomic E-state index is -0.523. The number of hydrogen-bond donors (Lipinski definition) is 1. The Hall–Kier alpha value is -1.26. The van der Waals surface area contributed by atoms with Gasteiger partial charge in [0.05, 0.1) is 11.9 Å². The number of amides is 1. The minimum absolute atomic E-state index is 0.0979. The number of rotatable bonds is 8. The average molecular weight is 293 g/mol. The van der Waals surface area contributed by atoms with E-state index in [0.29, 0.717) is 24.6 Å². The van der Waals surface area contributed by atoms with Crippen LogP contribution in [0.5, 0.6) is 0 Å². The Morgan fingerprint density at radius 3 is 2.60 bits per heavy atom. The molecule has 1 unspecified atom stereocenters. The van der Waals surface area contributed by atoms with Crippen LogP contribution in [-0.2, 0) is 4.79 Å². The van der Waals surface area contributed by atoms with Gasteiger partial charge in [-0.15, -0.1) is 11.8 Å². The number of benzene rings is 1. The summed E-state index contributed by atoms with van der Waals surface area (Å²) >= 11 is 1.46. The molecule has 0 heterocycles. The molecule has 1 aromatic carbocycles. The second-order valence-corrected chi connectivity index (χ2v) is 5.84. The molecule has 0 aliphatic carbocycles. The van der Waals surface area contributed by atoms with Gasteiger partial charge in [-0.2, -0.15) is 0 Å². The molecule has 0 radical (unpaired) electrons. The Morgan fingerprint density at radius 1 is 1.40 bits per heavy atom. The largest absolute Gasteiger partial charge is 0.388 e. The van der Waals surface area contributed by atoms with Gasteiger partial charge in [0.25, 0.3) is 0 Å². The van der Waals surface area contributed by atoms with Gasteiger partial charge in [0.2, 0.25) is 5.91 Å². The highest BCUT2D eigenvalue weighted by molar-refractivity contribution is 7.99. The lowest BCUT2D eigenvalue weighted by atomic mass is 10.1. The summed E-state index contributed by atoms with van der Waals surface area (Å²) in [6.07, 6.45) is -0.523. The molecule has 4 heteroatoms. The highest BCUT2D eigenvalue weighted by atomic mass is 32.2. The molecule has 3 nitrogen and oxygen atoms in total. The molecule has 0 bridgehead atoms. The zero-order chi connectivity index (χ0) is 15.0. The minimum Gasteiger partial charge on any atom is -0.388 e. The Kier molecular flexibility index (Phi) is 7.41. The van der Waals surface area contributed by atoms with Crippen molar-refractivity contribution in [3.8, 4) is 0 Å². The summed E-state index contributed by atoms with van der Waals surface area (Å²) in [4.78, 5) is 13.8. The number of likely N-dealkylation sites (N-methyl/N-ethyl adjacent to an activating group) is 1. The number of thioether (sulfide) groups is 1. The van der Waals surface area contributed by atoms with Gasteiger partial charge in [-0.05, 0) is 19.4 Å². The number of aliphatic hydroxyl groups excluding tert-OH is 1. The molecule has 110 valence electrons. The number of hydrogen-bond acceptors (Lipinski definition) is 3. The molecule has 1 rings (SSSR count). The lowest BCUT2D eigenvalue weighted by Crippen LogP contribution is -2.33. The molecule has 0 saturated heterocycles. The molecule has 0 aromatic heterocycles. The third-order valence-corrected chi connectivity index (χ3v) is 3.88. The Bertz CT molecular complexity index is 433. The Balaban J connectivity index is 2.36. The van der Waals surface area contributed by atoms with Crippen molar-refractivity contribution < 1.29 is 9.90 Å². The van der Waals surface area contributed by atoms with Gasteiger partial charge in [0, 0.05) is 18.8 Å². The van der Waals surface area contributed by atoms with Crippen molar-refractivity contribution in [3.05, 3.63) is 48.0 Å². The van der Waals surface area contributed by atoms with Crippen LogP contribution in [0.25, 0.3) is 0 Å². The Labute approximate surface area is 125 Å². The van der Waals surface area contributed by atoms with E-state index >= 15 is 0 Å². The van der Waals surface area contributed by atoms with Gasteiger partial charge >= 0.3 is 0 Å². The summed E-state index contributed by atoms with van der Waals surface area (Å²) in [5.41, 5.74) is 1.87. The second kappa shape index (κ2) is 8.82. The number of carbonyl (C=O) groups excluding carboxylic acids is 1. The van der Waals surface area contributed by atoms with E-state index in [1.54, 1.807) is 4.90 Å². The molecule has 20 heavy (non-hydrogen) atoms. The lowest BCUT2D eigenvalue weighted by molar-refractivity contribution is -0.127. The number of nitrogens with zero attached hydrogens (tertiary/aromatic N) is 1. The summed E-state index contributed by atoms with van der Waals surface area (Å²) in [5, 5.41) is 10.0. The van der Waals surface area contributed by atoms with Crippen LogP contribution < -0.4 is 0 Å². The molecule has 1 aromatic rings. The fourth-order valence-electron chi connectivity index (χ4n) is 1.82. The fraction of sp³-hybridized carbons (Fsp3) is 0.438. The smallest absolute Gasteiger partial charge is 0.232 e. The van der Waals surface area contributed by atoms with Gasteiger partial charge in [-0.1, -0.05) is 42.5 Å². The molecule has 0 aliphatic rings. The van der Waals surface area contributed by atoms with Gasteiger partial charge in [-0.25, -0.2) is 0 Å². The van der Waals surface area contributed by atoms with Gasteiger partial charge in [0.15, 0.2) is 0 Å². The molecule has 0 saturated carbocycles. The highest BCUT2D eigenvalue weighted by Crippen LogP contribution is 2.18. The average Bonchev–Trinajstić information content (AvgIpc) is 2.45. The first-order valence-corrected chi connectivity index (χ1v) is 7.93. The summed E-state index contributed by atoms with van der Waals surface area (Å²) in [5.74, 6) is 1.02. The number of aliphatic hydroxyl groups is 1. The SMILES string of the molecule is C=C(C)CN(CC)C(=O)CSCC(O)c1ccccc1. The van der Waals surface area contributed by atoms with Gasteiger partial charge < -0.3 is 10.0 Å². The zero-order valence-electron chi connectivity index (χ0n) is 12.2. The molecule has 0 spiro atoms. The van der Waals surface area contributed by atoms with Crippen LogP contribution in [0.15, 0.2) is 42.5 Å². The molecule has 1 amide bonds. The van der Waals surface area contributed by atoms with E-state index in [2.05, 4.69) is 6.58 Å². The maximum Gasteiger partial charge on any atom is 0.232 e. The van der Waals surface area contributed by atoms with Gasteiger partial charge in [-0.3, -0.25) is 4.79 Å². The zero-order valence-corrected chi connectivity index (χ0v) is 13.0. The quantitative estimate of drug-likeness (QED) is 0.749. The predicted molar refractivity (Wildman–Crippen MR) is 85.8 cm³/mol. The van der Waals surface area contributed by atoms with Crippen molar-refractivity contribution in [3.63, 3.8) is 0 Å². The topological polar surface area (TPSA) is 40.5 Å². The van der Waals surface area contributed by atoms with E-state index in [-0.39, 0.29) is 5.91 Å². The van der Waals surface area contributed by atoms with Crippen molar-refractivity contribution in [2.45, 2.75) is 20.0 Å². The van der Waals surface area contributed by atoms with Crippen LogP contribution in [0.3, 0.4) is 0 Å². The fourth-order valence-corrected chi connectivity index (χ4v) is 2.71. The maximum atomic E-state index is 12.0. The molecule has 1 atom stereocenters. The molecule has 1 N–H and O–H groups in total. The first-order chi connectivity index (χ1) is 9.54. The van der Waals surface area contributed by atoms with Crippen LogP contribution in [0.1, 0.15) is 25.5 Å². The monoisotopic (exact) mass is 293 g/mol. The highest BCUT2D eigenvalue weighted by Gasteiger charge is 2.13. The first kappa shape index (κ1) is 16.8. The third-order valence-electron chi connectivity index (χ3n) is 2.88. The van der Waals surface area contributed by atoms with E-state index in [0.717, 1.165) is 11.1 Å². The van der Waals surface area contributed by atoms with Crippen LogP contribution in [-0.4, -0.2) is 40.5 Å². The second-order valence-electron chi connectivity index (χ2n) is 4.81. The van der Waals surface area contributed by atoms with Crippen molar-refractivity contribution in [2.75, 3.05) is 24.6 Å². The van der Waals surface area contributed by atoms with E-state index in [1.165, 1.54) is 11.8 Å². The maximum absolute atomic E-state index is 12.0. The number of carbonyl (C=O) groups is 1.